The number of rotatable bonds is 18. The Morgan fingerprint density at radius 3 is 0.806 bits per heavy atom. The van der Waals surface area contributed by atoms with E-state index in [1.54, 1.807) is 38.7 Å². The Hall–Kier alpha value is -6.53. The van der Waals surface area contributed by atoms with Gasteiger partial charge in [-0.3, -0.25) is 0 Å². The van der Waals surface area contributed by atoms with Gasteiger partial charge in [-0.1, -0.05) is 288 Å². The zero-order chi connectivity index (χ0) is 90.5. The molecule has 12 aromatic rings. The third kappa shape index (κ3) is 30.7. The molecule has 689 valence electrons. The fraction of sp³-hybridized carbons (Fsp3) is 0.421. The largest absolute Gasteiger partial charge is 0.305 e. The van der Waals surface area contributed by atoms with Gasteiger partial charge in [-0.05, 0) is 158 Å². The average molecular weight is 2350 g/mol. The molecule has 6 aliphatic carbocycles. The molecule has 0 unspecified atom stereocenters. The van der Waals surface area contributed by atoms with Crippen LogP contribution in [0, 0.1) is 119 Å². The molecule has 6 saturated carbocycles. The number of pyridine rings is 6. The molecule has 0 aliphatic heterocycles. The first kappa shape index (κ1) is 106. The van der Waals surface area contributed by atoms with E-state index >= 15 is 0 Å². The summed E-state index contributed by atoms with van der Waals surface area (Å²) in [5, 5.41) is 8.86. The third-order valence-corrected chi connectivity index (χ3v) is 38.9. The number of aromatic nitrogens is 6. The number of nitrogens with zero attached hydrogens (tertiary/aromatic N) is 6. The van der Waals surface area contributed by atoms with Crippen LogP contribution in [0.2, 0.25) is 118 Å². The Morgan fingerprint density at radius 1 is 0.279 bits per heavy atom. The molecule has 4 bridgehead atoms. The smallest absolute Gasteiger partial charge is 0.0798 e. The number of aryl methyl sites for hydroxylation is 6. The van der Waals surface area contributed by atoms with Gasteiger partial charge in [0.25, 0.3) is 0 Å². The molecule has 0 saturated heterocycles. The molecule has 18 rings (SSSR count). The van der Waals surface area contributed by atoms with Gasteiger partial charge in [0, 0.05) is 97.5 Å². The van der Waals surface area contributed by atoms with Crippen molar-refractivity contribution < 1.29 is 60.3 Å². The maximum absolute atomic E-state index is 4.95. The van der Waals surface area contributed by atoms with Crippen molar-refractivity contribution in [3.63, 3.8) is 0 Å². The number of hydrogen-bond donors (Lipinski definition) is 0. The summed E-state index contributed by atoms with van der Waals surface area (Å²) >= 11 is 0. The fourth-order valence-corrected chi connectivity index (χ4v) is 27.9. The van der Waals surface area contributed by atoms with Gasteiger partial charge in [0.15, 0.2) is 0 Å². The van der Waals surface area contributed by atoms with Crippen LogP contribution < -0.4 is 31.1 Å². The van der Waals surface area contributed by atoms with Crippen molar-refractivity contribution in [2.75, 3.05) is 0 Å². The first-order valence-corrected chi connectivity index (χ1v) is 68.5. The minimum absolute atomic E-state index is 0. The molecule has 0 amide bonds. The van der Waals surface area contributed by atoms with E-state index in [0.29, 0.717) is 0 Å². The number of hydrogen-bond acceptors (Lipinski definition) is 6. The van der Waals surface area contributed by atoms with Crippen molar-refractivity contribution in [1.29, 1.82) is 0 Å². The molecule has 6 nitrogen and oxygen atoms in total. The van der Waals surface area contributed by atoms with E-state index < -0.39 is 48.4 Å². The van der Waals surface area contributed by atoms with Crippen LogP contribution in [-0.2, 0) is 79.6 Å². The van der Waals surface area contributed by atoms with Crippen LogP contribution >= 0.6 is 0 Å². The topological polar surface area (TPSA) is 77.3 Å². The summed E-state index contributed by atoms with van der Waals surface area (Å²) < 4.78 is 0. The molecule has 6 heterocycles. The third-order valence-electron chi connectivity index (χ3n) is 26.6. The average Bonchev–Trinajstić information content (AvgIpc) is 0.939. The van der Waals surface area contributed by atoms with Gasteiger partial charge in [-0.25, -0.2) is 0 Å². The Labute approximate surface area is 827 Å². The second-order valence-corrected chi connectivity index (χ2v) is 74.3. The summed E-state index contributed by atoms with van der Waals surface area (Å²) in [6, 6.07) is 77.3. The SMILES string of the molecule is C[Si](C)(C)c1ccc(-c2[c-]cccc2)nc1.C[Si](C)(C)c1ccc(-c2[c-]cccc2)nc1.C[Si](C)(C)c1ccc(-c2[c-]cccc2)nc1.Cc1[c-]c(-c2cc(CC3C4CC5CC(C4)CC3C5)c([Si](C)(C)C)cn2)cc(C)c1.Cc1[c-]c(-c2cc(CC3CCCC3)c([Si](C)(C)C)cn2)cc(C)c1.Cc1[c-]c(-c2cc(CC3CCCCC3)c([Si](C)(C)C)cn2)cc(C)c1.[Ir].[Ir].[Ir]. The molecule has 15 heteroatoms. The maximum atomic E-state index is 4.95. The first-order chi connectivity index (χ1) is 59.6. The van der Waals surface area contributed by atoms with Crippen molar-refractivity contribution in [3.8, 4) is 67.5 Å². The minimum atomic E-state index is -1.42. The standard InChI is InChI=1S/C27H36NSi.C23H32NSi.C22H30NSi.3C14H16NSi.3Ir/c1-17-6-18(2)8-23(7-17)26-15-24(27(16-28-26)29(3,4)5)14-25-21-10-19-9-20(12-21)13-22(25)11-19;1-17-11-18(2)13-20(12-17)22-15-21(14-19-9-7-6-8-10-19)23(16-24-22)25(3,4)5;1-16-10-17(2)12-19(11-16)21-14-20(13-18-8-6-7-9-18)22(15-23-21)24(3,4)5;3*1-16(2,3)13-9-10-14(15-11-13)12-7-5-4-6-8-12;;;/h6-7,15-16,19-22,25H,9-14H2,1-5H3;11-12,15-16,19H,6-10,14H2,1-5H3;10-11,14-15,18H,6-9,13H2,1-5H3;3*4-7,9-11H,1-3H3;;;/q6*-1;;;. The van der Waals surface area contributed by atoms with Crippen LogP contribution in [0.1, 0.15) is 140 Å². The predicted molar refractivity (Wildman–Crippen MR) is 558 cm³/mol. The molecule has 3 radical (unpaired) electrons. The summed E-state index contributed by atoms with van der Waals surface area (Å²) in [6.45, 7) is 55.9. The Kier molecular flexibility index (Phi) is 38.8. The van der Waals surface area contributed by atoms with Gasteiger partial charge in [0.05, 0.1) is 48.4 Å². The van der Waals surface area contributed by atoms with E-state index in [2.05, 4.69) is 320 Å². The molecule has 6 aromatic carbocycles. The van der Waals surface area contributed by atoms with E-state index in [9.17, 15) is 0 Å². The molecule has 6 fully saturated rings. The Balaban J connectivity index is 0.000000177. The molecule has 0 atom stereocenters. The van der Waals surface area contributed by atoms with Gasteiger partial charge in [0.2, 0.25) is 0 Å². The fourth-order valence-electron chi connectivity index (χ4n) is 20.1. The van der Waals surface area contributed by atoms with Crippen LogP contribution in [0.5, 0.6) is 0 Å². The number of benzene rings is 6. The quantitative estimate of drug-likeness (QED) is 0.0629. The van der Waals surface area contributed by atoms with E-state index in [-0.39, 0.29) is 60.3 Å². The maximum Gasteiger partial charge on any atom is 0.0798 e. The van der Waals surface area contributed by atoms with Crippen molar-refractivity contribution in [1.82, 2.24) is 29.9 Å². The Bertz CT molecular complexity index is 5210. The molecular formula is C114H146Ir3N6Si6-6. The van der Waals surface area contributed by atoms with Crippen LogP contribution in [-0.4, -0.2) is 78.3 Å². The molecule has 129 heavy (non-hydrogen) atoms. The molecular weight excluding hydrogens is 2200 g/mol. The molecule has 6 aliphatic rings. The van der Waals surface area contributed by atoms with Crippen molar-refractivity contribution in [2.24, 2.45) is 41.4 Å². The summed E-state index contributed by atoms with van der Waals surface area (Å²) in [6.07, 6.45) is 36.7. The van der Waals surface area contributed by atoms with E-state index in [1.807, 2.05) is 91.4 Å². The van der Waals surface area contributed by atoms with Gasteiger partial charge in [-0.2, -0.15) is 0 Å². The van der Waals surface area contributed by atoms with Crippen LogP contribution in [0.25, 0.3) is 67.5 Å². The summed E-state index contributed by atoms with van der Waals surface area (Å²) in [5.41, 5.74) is 25.1. The zero-order valence-corrected chi connectivity index (χ0v) is 95.5. The van der Waals surface area contributed by atoms with E-state index in [0.717, 1.165) is 109 Å². The van der Waals surface area contributed by atoms with Crippen LogP contribution in [0.4, 0.5) is 0 Å². The van der Waals surface area contributed by atoms with Crippen molar-refractivity contribution in [2.45, 2.75) is 269 Å². The predicted octanol–water partition coefficient (Wildman–Crippen LogP) is 26.9. The monoisotopic (exact) mass is 2350 g/mol. The van der Waals surface area contributed by atoms with Crippen LogP contribution in [0.3, 0.4) is 0 Å². The molecule has 0 N–H and O–H groups in total. The first-order valence-electron chi connectivity index (χ1n) is 47.5. The Morgan fingerprint density at radius 2 is 0.558 bits per heavy atom. The minimum Gasteiger partial charge on any atom is -0.305 e. The molecule has 6 aromatic heterocycles. The normalized spacial score (nSPS) is 17.3. The second kappa shape index (κ2) is 47.1. The summed E-state index contributed by atoms with van der Waals surface area (Å²) in [5.74, 6) is 6.75. The summed E-state index contributed by atoms with van der Waals surface area (Å²) in [7, 11) is -7.86. The molecule has 0 spiro atoms. The van der Waals surface area contributed by atoms with Crippen molar-refractivity contribution >= 4 is 79.6 Å². The van der Waals surface area contributed by atoms with E-state index in [1.165, 1.54) is 152 Å². The summed E-state index contributed by atoms with van der Waals surface area (Å²) in [4.78, 5) is 28.2. The van der Waals surface area contributed by atoms with Crippen LogP contribution in [0.15, 0.2) is 201 Å². The second-order valence-electron chi connectivity index (χ2n) is 43.9. The van der Waals surface area contributed by atoms with Gasteiger partial charge in [0.1, 0.15) is 0 Å². The van der Waals surface area contributed by atoms with Gasteiger partial charge < -0.3 is 29.9 Å². The zero-order valence-electron chi connectivity index (χ0n) is 82.3. The van der Waals surface area contributed by atoms with E-state index in [4.69, 9.17) is 15.0 Å². The van der Waals surface area contributed by atoms with Gasteiger partial charge in [-0.15, -0.1) is 212 Å². The van der Waals surface area contributed by atoms with Crippen molar-refractivity contribution in [3.05, 3.63) is 287 Å². The van der Waals surface area contributed by atoms with Gasteiger partial charge >= 0.3 is 0 Å².